The van der Waals surface area contributed by atoms with Crippen LogP contribution in [0.1, 0.15) is 16.8 Å². The summed E-state index contributed by atoms with van der Waals surface area (Å²) >= 11 is 8.11. The molecular weight excluding hydrogens is 450 g/mol. The number of fused-ring (bicyclic) bond motifs is 1. The number of nitrogens with one attached hydrogen (secondary N) is 1. The number of aromatic nitrogens is 1. The summed E-state index contributed by atoms with van der Waals surface area (Å²) in [7, 11) is -0.976. The second-order valence-corrected chi connectivity index (χ2v) is 10.0. The molecule has 8 heteroatoms. The minimum absolute atomic E-state index is 0.218. The fourth-order valence-corrected chi connectivity index (χ4v) is 5.94. The molecule has 3 heterocycles. The van der Waals surface area contributed by atoms with Crippen molar-refractivity contribution in [1.82, 2.24) is 4.98 Å². The van der Waals surface area contributed by atoms with E-state index in [0.29, 0.717) is 22.0 Å². The maximum atomic E-state index is 12.8. The number of pyridine rings is 1. The number of benzene rings is 2. The van der Waals surface area contributed by atoms with Gasteiger partial charge in [-0.2, -0.15) is 0 Å². The van der Waals surface area contributed by atoms with Gasteiger partial charge in [0.2, 0.25) is 0 Å². The molecule has 2 aromatic carbocycles. The van der Waals surface area contributed by atoms with Gasteiger partial charge in [-0.05, 0) is 66.4 Å². The predicted molar refractivity (Wildman–Crippen MR) is 129 cm³/mol. The molecule has 0 aliphatic carbocycles. The van der Waals surface area contributed by atoms with Gasteiger partial charge >= 0.3 is 0 Å². The Kier molecular flexibility index (Phi) is 5.48. The van der Waals surface area contributed by atoms with Crippen LogP contribution in [0.2, 0.25) is 5.02 Å². The lowest BCUT2D eigenvalue weighted by Crippen LogP contribution is -2.19. The van der Waals surface area contributed by atoms with Crippen LogP contribution < -0.4 is 9.62 Å². The molecule has 0 spiro atoms. The first kappa shape index (κ1) is 20.2. The maximum Gasteiger partial charge on any atom is 0.255 e. The van der Waals surface area contributed by atoms with E-state index in [1.165, 1.54) is 0 Å². The second kappa shape index (κ2) is 8.42. The first-order valence-corrected chi connectivity index (χ1v) is 12.3. The smallest absolute Gasteiger partial charge is 0.255 e. The molecule has 156 valence electrons. The van der Waals surface area contributed by atoms with E-state index in [1.54, 1.807) is 41.8 Å². The highest BCUT2D eigenvalue weighted by atomic mass is 35.5. The largest absolute Gasteiger partial charge is 0.322 e. The molecule has 31 heavy (non-hydrogen) atoms. The molecule has 1 aliphatic rings. The summed E-state index contributed by atoms with van der Waals surface area (Å²) in [6, 6.07) is 16.6. The molecular formula is C23H18ClN3O2S2. The van der Waals surface area contributed by atoms with E-state index in [-0.39, 0.29) is 5.91 Å². The third-order valence-corrected chi connectivity index (χ3v) is 7.94. The molecule has 0 radical (unpaired) electrons. The number of anilines is 2. The lowest BCUT2D eigenvalue weighted by molar-refractivity contribution is 0.102. The van der Waals surface area contributed by atoms with Crippen LogP contribution in [0.25, 0.3) is 21.3 Å². The van der Waals surface area contributed by atoms with Gasteiger partial charge in [-0.3, -0.25) is 14.1 Å². The summed E-state index contributed by atoms with van der Waals surface area (Å²) in [5, 5.41) is 6.57. The van der Waals surface area contributed by atoms with E-state index >= 15 is 0 Å². The number of rotatable bonds is 4. The summed E-state index contributed by atoms with van der Waals surface area (Å²) < 4.78 is 15.0. The third-order valence-electron chi connectivity index (χ3n) is 5.20. The van der Waals surface area contributed by atoms with E-state index in [0.717, 1.165) is 40.0 Å². The average molecular weight is 468 g/mol. The highest BCUT2D eigenvalue weighted by molar-refractivity contribution is 7.86. The van der Waals surface area contributed by atoms with Gasteiger partial charge in [0.25, 0.3) is 5.91 Å². The maximum absolute atomic E-state index is 12.8. The Bertz CT molecular complexity index is 1300. The van der Waals surface area contributed by atoms with Crippen LogP contribution in [-0.4, -0.2) is 27.4 Å². The first-order chi connectivity index (χ1) is 15.1. The fraction of sp³-hybridized carbons (Fsp3) is 0.130. The van der Waals surface area contributed by atoms with Crippen LogP contribution in [0.15, 0.2) is 66.2 Å². The lowest BCUT2D eigenvalue weighted by atomic mass is 10.1. The number of hydrogen-bond donors (Lipinski definition) is 1. The molecule has 5 nitrogen and oxygen atoms in total. The molecule has 2 aromatic heterocycles. The monoisotopic (exact) mass is 467 g/mol. The van der Waals surface area contributed by atoms with Gasteiger partial charge in [0.05, 0.1) is 10.7 Å². The number of amides is 1. The summed E-state index contributed by atoms with van der Waals surface area (Å²) in [5.41, 5.74) is 3.61. The van der Waals surface area contributed by atoms with Crippen molar-refractivity contribution < 1.29 is 9.00 Å². The Balaban J connectivity index is 1.39. The van der Waals surface area contributed by atoms with Gasteiger partial charge in [0.1, 0.15) is 11.0 Å². The quantitative estimate of drug-likeness (QED) is 0.416. The van der Waals surface area contributed by atoms with E-state index in [1.807, 2.05) is 40.0 Å². The van der Waals surface area contributed by atoms with Crippen molar-refractivity contribution in [3.8, 4) is 11.3 Å². The van der Waals surface area contributed by atoms with E-state index < -0.39 is 11.0 Å². The van der Waals surface area contributed by atoms with E-state index in [2.05, 4.69) is 10.3 Å². The minimum atomic E-state index is -0.976. The minimum Gasteiger partial charge on any atom is -0.322 e. The van der Waals surface area contributed by atoms with Crippen molar-refractivity contribution >= 4 is 61.3 Å². The van der Waals surface area contributed by atoms with E-state index in [4.69, 9.17) is 11.6 Å². The average Bonchev–Trinajstić information content (AvgIpc) is 3.44. The van der Waals surface area contributed by atoms with Crippen LogP contribution in [0.5, 0.6) is 0 Å². The molecule has 1 fully saturated rings. The Hall–Kier alpha value is -2.74. The second-order valence-electron chi connectivity index (χ2n) is 7.17. The number of nitrogens with zero attached hydrogens (tertiary/aromatic N) is 2. The lowest BCUT2D eigenvalue weighted by Gasteiger charge is -2.16. The van der Waals surface area contributed by atoms with Crippen LogP contribution >= 0.6 is 22.9 Å². The highest BCUT2D eigenvalue weighted by Crippen LogP contribution is 2.35. The molecule has 0 bridgehead atoms. The number of carbonyl (C=O) groups is 1. The molecule has 4 aromatic rings. The zero-order valence-electron chi connectivity index (χ0n) is 16.4. The molecule has 1 aliphatic heterocycles. The van der Waals surface area contributed by atoms with Crippen LogP contribution in [0, 0.1) is 0 Å². The van der Waals surface area contributed by atoms with Gasteiger partial charge in [-0.25, -0.2) is 4.21 Å². The molecule has 1 amide bonds. The van der Waals surface area contributed by atoms with Gasteiger partial charge < -0.3 is 5.32 Å². The standard InChI is InChI=1S/C23H18ClN3O2S2/c24-20-7-4-16(14-19(20)22-18-9-12-30-21(18)8-10-25-22)26-23(28)15-2-5-17(6-3-15)27-11-1-13-31(27)29/h2-10,12,14H,1,11,13H2,(H,26,28). The topological polar surface area (TPSA) is 62.3 Å². The normalized spacial score (nSPS) is 16.0. The highest BCUT2D eigenvalue weighted by Gasteiger charge is 2.20. The summed E-state index contributed by atoms with van der Waals surface area (Å²) in [6.45, 7) is 0.774. The van der Waals surface area contributed by atoms with Gasteiger partial charge in [0.15, 0.2) is 0 Å². The van der Waals surface area contributed by atoms with Crippen molar-refractivity contribution in [2.75, 3.05) is 21.9 Å². The zero-order chi connectivity index (χ0) is 21.4. The molecule has 1 N–H and O–H groups in total. The molecule has 1 unspecified atom stereocenters. The van der Waals surface area contributed by atoms with Crippen LogP contribution in [0.4, 0.5) is 11.4 Å². The molecule has 1 atom stereocenters. The van der Waals surface area contributed by atoms with E-state index in [9.17, 15) is 9.00 Å². The van der Waals surface area contributed by atoms with Crippen molar-refractivity contribution in [3.05, 3.63) is 76.8 Å². The summed E-state index contributed by atoms with van der Waals surface area (Å²) in [4.78, 5) is 17.3. The van der Waals surface area contributed by atoms with Crippen LogP contribution in [-0.2, 0) is 11.0 Å². The first-order valence-electron chi connectivity index (χ1n) is 9.80. The van der Waals surface area contributed by atoms with Crippen molar-refractivity contribution in [3.63, 3.8) is 0 Å². The molecule has 1 saturated heterocycles. The zero-order valence-corrected chi connectivity index (χ0v) is 18.8. The number of thiophene rings is 1. The molecule has 0 saturated carbocycles. The van der Waals surface area contributed by atoms with Crippen molar-refractivity contribution in [1.29, 1.82) is 0 Å². The van der Waals surface area contributed by atoms with Crippen molar-refractivity contribution in [2.45, 2.75) is 6.42 Å². The number of halogens is 1. The summed E-state index contributed by atoms with van der Waals surface area (Å²) in [5.74, 6) is 0.471. The Morgan fingerprint density at radius 2 is 1.97 bits per heavy atom. The van der Waals surface area contributed by atoms with Gasteiger partial charge in [-0.1, -0.05) is 11.6 Å². The Morgan fingerprint density at radius 1 is 1.13 bits per heavy atom. The molecule has 5 rings (SSSR count). The third kappa shape index (κ3) is 3.96. The Morgan fingerprint density at radius 3 is 2.74 bits per heavy atom. The summed E-state index contributed by atoms with van der Waals surface area (Å²) in [6.07, 6.45) is 2.69. The van der Waals surface area contributed by atoms with Crippen LogP contribution in [0.3, 0.4) is 0 Å². The Labute approximate surface area is 191 Å². The number of hydrogen-bond acceptors (Lipinski definition) is 4. The fourth-order valence-electron chi connectivity index (χ4n) is 3.67. The van der Waals surface area contributed by atoms with Gasteiger partial charge in [0, 0.05) is 51.1 Å². The van der Waals surface area contributed by atoms with Crippen molar-refractivity contribution in [2.24, 2.45) is 0 Å². The number of carbonyl (C=O) groups excluding carboxylic acids is 1. The SMILES string of the molecule is O=C(Nc1ccc(Cl)c(-c2nccc3sccc23)c1)c1ccc(N2CCCS2=O)cc1. The van der Waals surface area contributed by atoms with Gasteiger partial charge in [-0.15, -0.1) is 11.3 Å². The predicted octanol–water partition coefficient (Wildman–Crippen LogP) is 5.74.